The topological polar surface area (TPSA) is 68.5 Å². The molecule has 3 rings (SSSR count). The molecular weight excluding hydrogens is 361 g/mol. The van der Waals surface area contributed by atoms with Crippen LogP contribution in [0.25, 0.3) is 11.4 Å². The average molecular weight is 383 g/mol. The Morgan fingerprint density at radius 2 is 2.04 bits per heavy atom. The van der Waals surface area contributed by atoms with Gasteiger partial charge in [-0.1, -0.05) is 48.0 Å². The van der Waals surface area contributed by atoms with Crippen LogP contribution in [0.5, 0.6) is 5.75 Å². The van der Waals surface area contributed by atoms with Crippen LogP contribution in [0.15, 0.2) is 53.1 Å². The van der Waals surface area contributed by atoms with E-state index in [0.29, 0.717) is 18.1 Å². The Morgan fingerprint density at radius 1 is 1.25 bits per heavy atom. The van der Waals surface area contributed by atoms with Crippen LogP contribution in [0.4, 0.5) is 4.39 Å². The molecule has 1 aromatic heterocycles. The summed E-state index contributed by atoms with van der Waals surface area (Å²) in [7, 11) is 1.62. The van der Waals surface area contributed by atoms with E-state index in [9.17, 15) is 9.18 Å². The number of ether oxygens (including phenoxy) is 1. The van der Waals surface area contributed by atoms with Gasteiger partial charge in [0.15, 0.2) is 17.7 Å². The maximum Gasteiger partial charge on any atom is 0.263 e. The maximum atomic E-state index is 13.8. The van der Waals surface area contributed by atoms with Crippen LogP contribution in [0.3, 0.4) is 0 Å². The number of hydrogen-bond acceptors (Lipinski definition) is 5. The van der Waals surface area contributed by atoms with Gasteiger partial charge in [0.1, 0.15) is 0 Å². The van der Waals surface area contributed by atoms with Crippen molar-refractivity contribution in [2.75, 3.05) is 7.05 Å². The Balaban J connectivity index is 1.67. The maximum absolute atomic E-state index is 13.8. The van der Waals surface area contributed by atoms with Gasteiger partial charge in [0.2, 0.25) is 11.7 Å². The molecule has 0 aliphatic rings. The minimum atomic E-state index is -0.805. The first-order chi connectivity index (χ1) is 13.5. The number of hydrogen-bond donors (Lipinski definition) is 0. The van der Waals surface area contributed by atoms with Crippen LogP contribution >= 0.6 is 0 Å². The van der Waals surface area contributed by atoms with Crippen molar-refractivity contribution in [1.82, 2.24) is 15.0 Å². The number of nitrogens with zero attached hydrogens (tertiary/aromatic N) is 3. The van der Waals surface area contributed by atoms with Gasteiger partial charge < -0.3 is 14.2 Å². The van der Waals surface area contributed by atoms with Gasteiger partial charge in [-0.05, 0) is 31.5 Å². The zero-order valence-electron chi connectivity index (χ0n) is 16.1. The second-order valence-corrected chi connectivity index (χ2v) is 6.52. The average Bonchev–Trinajstić information content (AvgIpc) is 3.15. The van der Waals surface area contributed by atoms with E-state index < -0.39 is 11.9 Å². The Kier molecular flexibility index (Phi) is 6.03. The fourth-order valence-electron chi connectivity index (χ4n) is 2.75. The van der Waals surface area contributed by atoms with E-state index >= 15 is 0 Å². The van der Waals surface area contributed by atoms with E-state index in [2.05, 4.69) is 10.1 Å². The highest BCUT2D eigenvalue weighted by Crippen LogP contribution is 2.20. The molecule has 0 saturated carbocycles. The molecule has 0 unspecified atom stereocenters. The fourth-order valence-corrected chi connectivity index (χ4v) is 2.75. The molecular formula is C21H22FN3O3. The Morgan fingerprint density at radius 3 is 2.75 bits per heavy atom. The summed E-state index contributed by atoms with van der Waals surface area (Å²) < 4.78 is 24.7. The lowest BCUT2D eigenvalue weighted by Gasteiger charge is -2.22. The van der Waals surface area contributed by atoms with E-state index in [-0.39, 0.29) is 18.2 Å². The molecule has 7 heteroatoms. The third-order valence-corrected chi connectivity index (χ3v) is 4.25. The van der Waals surface area contributed by atoms with Crippen LogP contribution in [0.1, 0.15) is 24.8 Å². The van der Waals surface area contributed by atoms with Crippen molar-refractivity contribution in [1.29, 1.82) is 0 Å². The van der Waals surface area contributed by atoms with Crippen molar-refractivity contribution in [3.8, 4) is 17.1 Å². The number of para-hydroxylation sites is 1. The van der Waals surface area contributed by atoms with E-state index in [1.54, 1.807) is 26.1 Å². The zero-order valence-corrected chi connectivity index (χ0v) is 16.1. The van der Waals surface area contributed by atoms with Crippen LogP contribution in [0.2, 0.25) is 0 Å². The van der Waals surface area contributed by atoms with Crippen molar-refractivity contribution in [3.05, 3.63) is 65.8 Å². The molecule has 28 heavy (non-hydrogen) atoms. The van der Waals surface area contributed by atoms with E-state index in [0.717, 1.165) is 11.1 Å². The second-order valence-electron chi connectivity index (χ2n) is 6.52. The summed E-state index contributed by atoms with van der Waals surface area (Å²) in [4.78, 5) is 18.5. The molecule has 1 atom stereocenters. The predicted molar refractivity (Wildman–Crippen MR) is 102 cm³/mol. The molecule has 0 radical (unpaired) electrons. The number of rotatable bonds is 7. The van der Waals surface area contributed by atoms with Gasteiger partial charge in [-0.3, -0.25) is 4.79 Å². The molecule has 0 aliphatic carbocycles. The number of aromatic nitrogens is 2. The molecule has 0 saturated heterocycles. The predicted octanol–water partition coefficient (Wildman–Crippen LogP) is 4.00. The van der Waals surface area contributed by atoms with E-state index in [4.69, 9.17) is 9.26 Å². The highest BCUT2D eigenvalue weighted by molar-refractivity contribution is 5.81. The lowest BCUT2D eigenvalue weighted by atomic mass is 10.1. The monoisotopic (exact) mass is 383 g/mol. The number of carbonyl (C=O) groups excluding carboxylic acids is 1. The summed E-state index contributed by atoms with van der Waals surface area (Å²) in [6.07, 6.45) is -0.406. The summed E-state index contributed by atoms with van der Waals surface area (Å²) in [6.45, 7) is 3.92. The fraction of sp³-hybridized carbons (Fsp3) is 0.286. The molecule has 6 nitrogen and oxygen atoms in total. The number of benzene rings is 2. The summed E-state index contributed by atoms with van der Waals surface area (Å²) in [5.41, 5.74) is 1.94. The van der Waals surface area contributed by atoms with Crippen molar-refractivity contribution in [3.63, 3.8) is 0 Å². The van der Waals surface area contributed by atoms with Gasteiger partial charge in [-0.25, -0.2) is 4.39 Å². The van der Waals surface area contributed by atoms with Crippen molar-refractivity contribution in [2.24, 2.45) is 0 Å². The second kappa shape index (κ2) is 8.65. The smallest absolute Gasteiger partial charge is 0.263 e. The van der Waals surface area contributed by atoms with Gasteiger partial charge in [0, 0.05) is 12.6 Å². The zero-order chi connectivity index (χ0) is 20.1. The minimum absolute atomic E-state index is 0.0515. The largest absolute Gasteiger partial charge is 0.478 e. The number of likely N-dealkylation sites (N-methyl/N-ethyl adjacent to an activating group) is 1. The van der Waals surface area contributed by atoms with Crippen molar-refractivity contribution < 1.29 is 18.4 Å². The first-order valence-corrected chi connectivity index (χ1v) is 9.03. The van der Waals surface area contributed by atoms with Crippen LogP contribution in [-0.4, -0.2) is 34.1 Å². The standard InChI is InChI=1S/C21H22FN3O3/c1-4-17(27-18-11-6-5-10-16(18)22)21(26)25(3)13-19-23-20(24-28-19)15-9-7-8-14(2)12-15/h5-12,17H,4,13H2,1-3H3/t17-/m1/s1. The van der Waals surface area contributed by atoms with E-state index in [1.807, 2.05) is 31.2 Å². The quantitative estimate of drug-likeness (QED) is 0.617. The molecule has 0 aliphatic heterocycles. The Bertz CT molecular complexity index is 957. The summed E-state index contributed by atoms with van der Waals surface area (Å²) >= 11 is 0. The molecule has 0 N–H and O–H groups in total. The SMILES string of the molecule is CC[C@@H](Oc1ccccc1F)C(=O)N(C)Cc1nc(-c2cccc(C)c2)no1. The summed E-state index contributed by atoms with van der Waals surface area (Å²) in [6, 6.07) is 13.8. The van der Waals surface area contributed by atoms with Gasteiger partial charge >= 0.3 is 0 Å². The van der Waals surface area contributed by atoms with Crippen LogP contribution in [-0.2, 0) is 11.3 Å². The van der Waals surface area contributed by atoms with Crippen molar-refractivity contribution >= 4 is 5.91 Å². The number of amides is 1. The van der Waals surface area contributed by atoms with Gasteiger partial charge in [0.25, 0.3) is 5.91 Å². The summed E-state index contributed by atoms with van der Waals surface area (Å²) in [5.74, 6) is 0.0371. The number of carbonyl (C=O) groups is 1. The Hall–Kier alpha value is -3.22. The first kappa shape index (κ1) is 19.5. The summed E-state index contributed by atoms with van der Waals surface area (Å²) in [5, 5.41) is 3.98. The number of halogens is 1. The highest BCUT2D eigenvalue weighted by atomic mass is 19.1. The molecule has 0 bridgehead atoms. The normalized spacial score (nSPS) is 11.9. The van der Waals surface area contributed by atoms with Gasteiger partial charge in [0.05, 0.1) is 6.54 Å². The molecule has 1 heterocycles. The van der Waals surface area contributed by atoms with Crippen molar-refractivity contribution in [2.45, 2.75) is 32.9 Å². The Labute approximate surface area is 162 Å². The lowest BCUT2D eigenvalue weighted by molar-refractivity contribution is -0.138. The number of aryl methyl sites for hydroxylation is 1. The molecule has 3 aromatic rings. The molecule has 0 fully saturated rings. The third kappa shape index (κ3) is 4.54. The third-order valence-electron chi connectivity index (χ3n) is 4.25. The van der Waals surface area contributed by atoms with Gasteiger partial charge in [-0.15, -0.1) is 0 Å². The van der Waals surface area contributed by atoms with Crippen LogP contribution in [0, 0.1) is 12.7 Å². The molecule has 1 amide bonds. The molecule has 2 aromatic carbocycles. The van der Waals surface area contributed by atoms with Gasteiger partial charge in [-0.2, -0.15) is 4.98 Å². The van der Waals surface area contributed by atoms with Crippen LogP contribution < -0.4 is 4.74 Å². The lowest BCUT2D eigenvalue weighted by Crippen LogP contribution is -2.39. The molecule has 0 spiro atoms. The highest BCUT2D eigenvalue weighted by Gasteiger charge is 2.25. The molecule has 146 valence electrons. The first-order valence-electron chi connectivity index (χ1n) is 9.03. The van der Waals surface area contributed by atoms with E-state index in [1.165, 1.54) is 17.0 Å². The minimum Gasteiger partial charge on any atom is -0.478 e.